The minimum atomic E-state index is -0.216. The van der Waals surface area contributed by atoms with E-state index in [1.54, 1.807) is 26.1 Å². The van der Waals surface area contributed by atoms with Crippen molar-refractivity contribution in [2.24, 2.45) is 0 Å². The van der Waals surface area contributed by atoms with Crippen LogP contribution in [0.4, 0.5) is 0 Å². The van der Waals surface area contributed by atoms with Crippen LogP contribution in [0.15, 0.2) is 22.8 Å². The van der Waals surface area contributed by atoms with Crippen molar-refractivity contribution in [2.75, 3.05) is 13.7 Å². The molecule has 0 fully saturated rings. The molecule has 0 bridgehead atoms. The average Bonchev–Trinajstić information content (AvgIpc) is 2.67. The first-order valence-corrected chi connectivity index (χ1v) is 4.08. The summed E-state index contributed by atoms with van der Waals surface area (Å²) in [7, 11) is 1.63. The van der Waals surface area contributed by atoms with Crippen molar-refractivity contribution in [3.05, 3.63) is 24.2 Å². The van der Waals surface area contributed by atoms with Crippen LogP contribution in [0.1, 0.15) is 17.5 Å². The second-order valence-electron chi connectivity index (χ2n) is 2.92. The van der Waals surface area contributed by atoms with Crippen LogP contribution in [0.3, 0.4) is 0 Å². The average molecular weight is 183 g/mol. The van der Waals surface area contributed by atoms with Crippen LogP contribution in [0.2, 0.25) is 0 Å². The number of amides is 1. The third kappa shape index (κ3) is 2.09. The standard InChI is InChI=1S/C9H13NO3/c1-7(6-11)10(2)9(12)8-4-3-5-13-8/h3-5,7,11H,6H2,1-2H3. The zero-order valence-electron chi connectivity index (χ0n) is 7.73. The normalized spacial score (nSPS) is 12.5. The molecule has 1 aromatic rings. The minimum absolute atomic E-state index is 0.0526. The van der Waals surface area contributed by atoms with Gasteiger partial charge < -0.3 is 14.4 Å². The van der Waals surface area contributed by atoms with Gasteiger partial charge in [0.05, 0.1) is 18.9 Å². The number of aliphatic hydroxyl groups excluding tert-OH is 1. The topological polar surface area (TPSA) is 53.7 Å². The van der Waals surface area contributed by atoms with E-state index < -0.39 is 0 Å². The number of likely N-dealkylation sites (N-methyl/N-ethyl adjacent to an activating group) is 1. The van der Waals surface area contributed by atoms with Gasteiger partial charge in [0.15, 0.2) is 5.76 Å². The Kier molecular flexibility index (Phi) is 3.08. The molecule has 0 aromatic carbocycles. The van der Waals surface area contributed by atoms with E-state index in [2.05, 4.69) is 0 Å². The molecule has 4 heteroatoms. The lowest BCUT2D eigenvalue weighted by molar-refractivity contribution is 0.0651. The Balaban J connectivity index is 2.68. The molecular weight excluding hydrogens is 170 g/mol. The summed E-state index contributed by atoms with van der Waals surface area (Å²) in [5.41, 5.74) is 0. The molecule has 13 heavy (non-hydrogen) atoms. The lowest BCUT2D eigenvalue weighted by Crippen LogP contribution is -2.37. The molecule has 0 saturated heterocycles. The van der Waals surface area contributed by atoms with Crippen molar-refractivity contribution in [2.45, 2.75) is 13.0 Å². The van der Waals surface area contributed by atoms with Gasteiger partial charge in [-0.2, -0.15) is 0 Å². The predicted octanol–water partition coefficient (Wildman–Crippen LogP) is 0.732. The molecule has 0 aliphatic carbocycles. The van der Waals surface area contributed by atoms with Gasteiger partial charge in [0.2, 0.25) is 0 Å². The van der Waals surface area contributed by atoms with E-state index in [0.717, 1.165) is 0 Å². The minimum Gasteiger partial charge on any atom is -0.459 e. The van der Waals surface area contributed by atoms with Gasteiger partial charge in [0.25, 0.3) is 5.91 Å². The fourth-order valence-corrected chi connectivity index (χ4v) is 0.897. The maximum absolute atomic E-state index is 11.5. The molecular formula is C9H13NO3. The molecule has 0 saturated carbocycles. The summed E-state index contributed by atoms with van der Waals surface area (Å²) < 4.78 is 4.94. The van der Waals surface area contributed by atoms with Gasteiger partial charge in [-0.05, 0) is 19.1 Å². The summed E-state index contributed by atoms with van der Waals surface area (Å²) in [5.74, 6) is 0.0781. The van der Waals surface area contributed by atoms with Crippen LogP contribution in [0.5, 0.6) is 0 Å². The van der Waals surface area contributed by atoms with Gasteiger partial charge in [-0.25, -0.2) is 0 Å². The van der Waals surface area contributed by atoms with Crippen LogP contribution < -0.4 is 0 Å². The molecule has 1 aromatic heterocycles. The number of carbonyl (C=O) groups is 1. The highest BCUT2D eigenvalue weighted by atomic mass is 16.3. The molecule has 0 aliphatic heterocycles. The zero-order chi connectivity index (χ0) is 9.84. The Morgan fingerprint density at radius 1 is 1.77 bits per heavy atom. The number of rotatable bonds is 3. The van der Waals surface area contributed by atoms with E-state index in [4.69, 9.17) is 9.52 Å². The van der Waals surface area contributed by atoms with Crippen LogP contribution in [-0.2, 0) is 0 Å². The Hall–Kier alpha value is -1.29. The van der Waals surface area contributed by atoms with Crippen molar-refractivity contribution in [3.63, 3.8) is 0 Å². The quantitative estimate of drug-likeness (QED) is 0.751. The van der Waals surface area contributed by atoms with Crippen LogP contribution in [-0.4, -0.2) is 35.6 Å². The van der Waals surface area contributed by atoms with Gasteiger partial charge in [0.1, 0.15) is 0 Å². The Morgan fingerprint density at radius 2 is 2.46 bits per heavy atom. The van der Waals surface area contributed by atoms with Crippen LogP contribution in [0, 0.1) is 0 Å². The maximum Gasteiger partial charge on any atom is 0.289 e. The summed E-state index contributed by atoms with van der Waals surface area (Å²) in [6.45, 7) is 1.71. The fourth-order valence-electron chi connectivity index (χ4n) is 0.897. The third-order valence-corrected chi connectivity index (χ3v) is 1.98. The fraction of sp³-hybridized carbons (Fsp3) is 0.444. The number of carbonyl (C=O) groups excluding carboxylic acids is 1. The van der Waals surface area contributed by atoms with E-state index >= 15 is 0 Å². The zero-order valence-corrected chi connectivity index (χ0v) is 7.73. The molecule has 1 amide bonds. The largest absolute Gasteiger partial charge is 0.459 e. The van der Waals surface area contributed by atoms with Crippen molar-refractivity contribution in [3.8, 4) is 0 Å². The molecule has 72 valence electrons. The van der Waals surface area contributed by atoms with Gasteiger partial charge >= 0.3 is 0 Å². The summed E-state index contributed by atoms with van der Waals surface area (Å²) in [4.78, 5) is 13.0. The van der Waals surface area contributed by atoms with Crippen molar-refractivity contribution >= 4 is 5.91 Å². The van der Waals surface area contributed by atoms with Crippen LogP contribution >= 0.6 is 0 Å². The molecule has 1 N–H and O–H groups in total. The van der Waals surface area contributed by atoms with Crippen molar-refractivity contribution in [1.29, 1.82) is 0 Å². The maximum atomic E-state index is 11.5. The van der Waals surface area contributed by atoms with Crippen molar-refractivity contribution < 1.29 is 14.3 Å². The monoisotopic (exact) mass is 183 g/mol. The molecule has 0 aliphatic rings. The summed E-state index contributed by atoms with van der Waals surface area (Å²) in [6.07, 6.45) is 1.45. The van der Waals surface area contributed by atoms with E-state index in [1.165, 1.54) is 11.2 Å². The van der Waals surface area contributed by atoms with E-state index in [1.807, 2.05) is 0 Å². The second kappa shape index (κ2) is 4.09. The SMILES string of the molecule is CC(CO)N(C)C(=O)c1ccco1. The van der Waals surface area contributed by atoms with Gasteiger partial charge in [-0.1, -0.05) is 0 Å². The van der Waals surface area contributed by atoms with E-state index in [-0.39, 0.29) is 18.6 Å². The third-order valence-electron chi connectivity index (χ3n) is 1.98. The smallest absolute Gasteiger partial charge is 0.289 e. The number of hydrogen-bond donors (Lipinski definition) is 1. The highest BCUT2D eigenvalue weighted by molar-refractivity contribution is 5.91. The first kappa shape index (κ1) is 9.80. The molecule has 1 atom stereocenters. The lowest BCUT2D eigenvalue weighted by Gasteiger charge is -2.21. The molecule has 1 heterocycles. The van der Waals surface area contributed by atoms with Gasteiger partial charge in [-0.15, -0.1) is 0 Å². The summed E-state index contributed by atoms with van der Waals surface area (Å²) in [5, 5.41) is 8.83. The lowest BCUT2D eigenvalue weighted by atomic mass is 10.3. The van der Waals surface area contributed by atoms with E-state index in [9.17, 15) is 4.79 Å². The summed E-state index contributed by atoms with van der Waals surface area (Å²) >= 11 is 0. The number of aliphatic hydroxyl groups is 1. The van der Waals surface area contributed by atoms with E-state index in [0.29, 0.717) is 5.76 Å². The molecule has 1 rings (SSSR count). The first-order chi connectivity index (χ1) is 6.16. The summed E-state index contributed by atoms with van der Waals surface area (Å²) in [6, 6.07) is 3.06. The van der Waals surface area contributed by atoms with Gasteiger partial charge in [-0.3, -0.25) is 4.79 Å². The van der Waals surface area contributed by atoms with Crippen LogP contribution in [0.25, 0.3) is 0 Å². The molecule has 1 unspecified atom stereocenters. The Morgan fingerprint density at radius 3 is 2.92 bits per heavy atom. The first-order valence-electron chi connectivity index (χ1n) is 4.08. The molecule has 0 radical (unpaired) electrons. The number of hydrogen-bond acceptors (Lipinski definition) is 3. The Labute approximate surface area is 76.8 Å². The number of furan rings is 1. The van der Waals surface area contributed by atoms with Gasteiger partial charge in [0, 0.05) is 7.05 Å². The predicted molar refractivity (Wildman–Crippen MR) is 47.3 cm³/mol. The highest BCUT2D eigenvalue weighted by Crippen LogP contribution is 2.06. The molecule has 4 nitrogen and oxygen atoms in total. The Bertz CT molecular complexity index is 268. The second-order valence-corrected chi connectivity index (χ2v) is 2.92. The number of nitrogens with zero attached hydrogens (tertiary/aromatic N) is 1. The highest BCUT2D eigenvalue weighted by Gasteiger charge is 2.18. The molecule has 0 spiro atoms. The van der Waals surface area contributed by atoms with Crippen molar-refractivity contribution in [1.82, 2.24) is 4.90 Å².